The Balaban J connectivity index is 1.84. The summed E-state index contributed by atoms with van der Waals surface area (Å²) < 4.78 is 0.959. The van der Waals surface area contributed by atoms with E-state index in [1.165, 1.54) is 0 Å². The van der Waals surface area contributed by atoms with Gasteiger partial charge in [-0.05, 0) is 24.6 Å². The summed E-state index contributed by atoms with van der Waals surface area (Å²) in [7, 11) is 0. The van der Waals surface area contributed by atoms with E-state index in [0.717, 1.165) is 15.4 Å². The smallest absolute Gasteiger partial charge is 0.270 e. The van der Waals surface area contributed by atoms with Crippen molar-refractivity contribution < 1.29 is 9.59 Å². The molecule has 2 amide bonds. The van der Waals surface area contributed by atoms with Gasteiger partial charge in [-0.25, -0.2) is 0 Å². The van der Waals surface area contributed by atoms with E-state index in [0.29, 0.717) is 25.2 Å². The highest BCUT2D eigenvalue weighted by atomic mass is 79.9. The van der Waals surface area contributed by atoms with Gasteiger partial charge in [0.15, 0.2) is 0 Å². The standard InChI is InChI=1S/C14H14BrN3O2/c15-10-2-1-8-5-12(17-11(8)6-10)14(20)18-4-3-9(7-18)13(16)19/h1-2,5-6,9,17H,3-4,7H2,(H2,16,19). The third kappa shape index (κ3) is 2.31. The number of nitrogens with two attached hydrogens (primary N) is 1. The number of carbonyl (C=O) groups is 2. The maximum Gasteiger partial charge on any atom is 0.270 e. The SMILES string of the molecule is NC(=O)C1CCN(C(=O)c2cc3ccc(Br)cc3[nH]2)C1. The summed E-state index contributed by atoms with van der Waals surface area (Å²) in [6.07, 6.45) is 0.646. The van der Waals surface area contributed by atoms with Crippen molar-refractivity contribution in [2.75, 3.05) is 13.1 Å². The highest BCUT2D eigenvalue weighted by molar-refractivity contribution is 9.10. The van der Waals surface area contributed by atoms with Gasteiger partial charge in [-0.2, -0.15) is 0 Å². The van der Waals surface area contributed by atoms with Gasteiger partial charge in [0.05, 0.1) is 5.92 Å². The number of primary amides is 1. The van der Waals surface area contributed by atoms with Crippen molar-refractivity contribution in [1.82, 2.24) is 9.88 Å². The second kappa shape index (κ2) is 4.94. The van der Waals surface area contributed by atoms with Gasteiger partial charge in [0, 0.05) is 28.5 Å². The molecule has 5 nitrogen and oxygen atoms in total. The summed E-state index contributed by atoms with van der Waals surface area (Å²) in [5, 5.41) is 0.988. The van der Waals surface area contributed by atoms with Crippen molar-refractivity contribution in [3.05, 3.63) is 34.4 Å². The van der Waals surface area contributed by atoms with Crippen LogP contribution < -0.4 is 5.73 Å². The molecule has 1 fully saturated rings. The summed E-state index contributed by atoms with van der Waals surface area (Å²) in [4.78, 5) is 28.4. The zero-order valence-corrected chi connectivity index (χ0v) is 12.3. The highest BCUT2D eigenvalue weighted by Crippen LogP contribution is 2.23. The van der Waals surface area contributed by atoms with Gasteiger partial charge in [-0.3, -0.25) is 9.59 Å². The number of rotatable bonds is 2. The fourth-order valence-corrected chi connectivity index (χ4v) is 2.92. The first kappa shape index (κ1) is 13.2. The summed E-state index contributed by atoms with van der Waals surface area (Å²) >= 11 is 3.40. The van der Waals surface area contributed by atoms with Gasteiger partial charge in [0.2, 0.25) is 5.91 Å². The Morgan fingerprint density at radius 1 is 1.35 bits per heavy atom. The Kier molecular flexibility index (Phi) is 3.25. The van der Waals surface area contributed by atoms with Crippen LogP contribution in [0.5, 0.6) is 0 Å². The first-order valence-electron chi connectivity index (χ1n) is 6.41. The second-order valence-electron chi connectivity index (χ2n) is 5.05. The molecule has 0 spiro atoms. The van der Waals surface area contributed by atoms with Crippen molar-refractivity contribution in [3.8, 4) is 0 Å². The Labute approximate surface area is 124 Å². The predicted octanol–water partition coefficient (Wildman–Crippen LogP) is 1.88. The zero-order chi connectivity index (χ0) is 14.3. The molecule has 1 atom stereocenters. The Morgan fingerprint density at radius 2 is 2.15 bits per heavy atom. The Bertz CT molecular complexity index is 695. The van der Waals surface area contributed by atoms with Crippen LogP contribution in [0.1, 0.15) is 16.9 Å². The molecule has 2 heterocycles. The number of likely N-dealkylation sites (tertiary alicyclic amines) is 1. The number of nitrogens with zero attached hydrogens (tertiary/aromatic N) is 1. The van der Waals surface area contributed by atoms with E-state index in [1.807, 2.05) is 24.3 Å². The van der Waals surface area contributed by atoms with Crippen molar-refractivity contribution in [2.24, 2.45) is 11.7 Å². The number of H-pyrrole nitrogens is 1. The van der Waals surface area contributed by atoms with E-state index in [4.69, 9.17) is 5.73 Å². The molecule has 2 aromatic rings. The van der Waals surface area contributed by atoms with Gasteiger partial charge in [0.25, 0.3) is 5.91 Å². The number of aromatic nitrogens is 1. The molecular weight excluding hydrogens is 322 g/mol. The quantitative estimate of drug-likeness (QED) is 0.878. The number of nitrogens with one attached hydrogen (secondary N) is 1. The molecule has 1 aliphatic rings. The van der Waals surface area contributed by atoms with Gasteiger partial charge in [-0.1, -0.05) is 22.0 Å². The maximum atomic E-state index is 12.4. The summed E-state index contributed by atoms with van der Waals surface area (Å²) in [5.41, 5.74) is 6.74. The van der Waals surface area contributed by atoms with Gasteiger partial charge in [0.1, 0.15) is 5.69 Å². The molecule has 1 aromatic carbocycles. The number of benzene rings is 1. The minimum Gasteiger partial charge on any atom is -0.369 e. The molecule has 1 aliphatic heterocycles. The zero-order valence-electron chi connectivity index (χ0n) is 10.7. The fourth-order valence-electron chi connectivity index (χ4n) is 2.56. The molecule has 20 heavy (non-hydrogen) atoms. The minimum atomic E-state index is -0.333. The Morgan fingerprint density at radius 3 is 2.85 bits per heavy atom. The lowest BCUT2D eigenvalue weighted by Gasteiger charge is -2.14. The molecule has 1 aromatic heterocycles. The minimum absolute atomic E-state index is 0.0823. The third-order valence-corrected chi connectivity index (χ3v) is 4.19. The molecule has 3 rings (SSSR count). The van der Waals surface area contributed by atoms with Crippen LogP contribution in [0.4, 0.5) is 0 Å². The average Bonchev–Trinajstić information content (AvgIpc) is 3.03. The van der Waals surface area contributed by atoms with Crippen LogP contribution in [-0.4, -0.2) is 34.8 Å². The number of hydrogen-bond donors (Lipinski definition) is 2. The molecule has 1 unspecified atom stereocenters. The summed E-state index contributed by atoms with van der Waals surface area (Å²) in [6, 6.07) is 7.65. The van der Waals surface area contributed by atoms with Crippen LogP contribution >= 0.6 is 15.9 Å². The third-order valence-electron chi connectivity index (χ3n) is 3.69. The molecular formula is C14H14BrN3O2. The molecule has 0 radical (unpaired) electrons. The van der Waals surface area contributed by atoms with E-state index in [1.54, 1.807) is 4.90 Å². The lowest BCUT2D eigenvalue weighted by Crippen LogP contribution is -2.31. The largest absolute Gasteiger partial charge is 0.369 e. The average molecular weight is 336 g/mol. The number of aromatic amines is 1. The predicted molar refractivity (Wildman–Crippen MR) is 79.2 cm³/mol. The van der Waals surface area contributed by atoms with E-state index in [9.17, 15) is 9.59 Å². The molecule has 0 aliphatic carbocycles. The summed E-state index contributed by atoms with van der Waals surface area (Å²) in [6.45, 7) is 0.985. The van der Waals surface area contributed by atoms with Crippen LogP contribution in [-0.2, 0) is 4.79 Å². The van der Waals surface area contributed by atoms with Crippen LogP contribution in [0, 0.1) is 5.92 Å². The molecule has 1 saturated heterocycles. The van der Waals surface area contributed by atoms with Crippen LogP contribution in [0.25, 0.3) is 10.9 Å². The van der Waals surface area contributed by atoms with Crippen LogP contribution in [0.3, 0.4) is 0 Å². The first-order chi connectivity index (χ1) is 9.54. The lowest BCUT2D eigenvalue weighted by atomic mass is 10.1. The maximum absolute atomic E-state index is 12.4. The van der Waals surface area contributed by atoms with Gasteiger partial charge < -0.3 is 15.6 Å². The van der Waals surface area contributed by atoms with Crippen LogP contribution in [0.2, 0.25) is 0 Å². The van der Waals surface area contributed by atoms with E-state index >= 15 is 0 Å². The topological polar surface area (TPSA) is 79.2 Å². The fraction of sp³-hybridized carbons (Fsp3) is 0.286. The van der Waals surface area contributed by atoms with Crippen molar-refractivity contribution in [3.63, 3.8) is 0 Å². The van der Waals surface area contributed by atoms with E-state index in [-0.39, 0.29) is 17.7 Å². The summed E-state index contributed by atoms with van der Waals surface area (Å²) in [5.74, 6) is -0.639. The highest BCUT2D eigenvalue weighted by Gasteiger charge is 2.30. The Hall–Kier alpha value is -1.82. The van der Waals surface area contributed by atoms with Crippen molar-refractivity contribution in [2.45, 2.75) is 6.42 Å². The van der Waals surface area contributed by atoms with E-state index < -0.39 is 0 Å². The van der Waals surface area contributed by atoms with Gasteiger partial charge in [-0.15, -0.1) is 0 Å². The van der Waals surface area contributed by atoms with Crippen molar-refractivity contribution >= 4 is 38.6 Å². The number of fused-ring (bicyclic) bond motifs is 1. The molecule has 0 bridgehead atoms. The first-order valence-corrected chi connectivity index (χ1v) is 7.21. The molecule has 0 saturated carbocycles. The number of carbonyl (C=O) groups excluding carboxylic acids is 2. The monoisotopic (exact) mass is 335 g/mol. The number of hydrogen-bond acceptors (Lipinski definition) is 2. The number of halogens is 1. The number of amides is 2. The van der Waals surface area contributed by atoms with E-state index in [2.05, 4.69) is 20.9 Å². The molecule has 104 valence electrons. The molecule has 6 heteroatoms. The normalized spacial score (nSPS) is 18.6. The second-order valence-corrected chi connectivity index (χ2v) is 5.97. The lowest BCUT2D eigenvalue weighted by molar-refractivity contribution is -0.121. The van der Waals surface area contributed by atoms with Crippen molar-refractivity contribution in [1.29, 1.82) is 0 Å². The molecule has 3 N–H and O–H groups in total. The van der Waals surface area contributed by atoms with Crippen LogP contribution in [0.15, 0.2) is 28.7 Å². The van der Waals surface area contributed by atoms with Gasteiger partial charge >= 0.3 is 0 Å².